The summed E-state index contributed by atoms with van der Waals surface area (Å²) in [5.41, 5.74) is 0.240. The number of carbonyl (C=O) groups excluding carboxylic acids is 1. The second kappa shape index (κ2) is 5.68. The van der Waals surface area contributed by atoms with Gasteiger partial charge in [0, 0.05) is 17.0 Å². The highest BCUT2D eigenvalue weighted by Gasteiger charge is 2.45. The van der Waals surface area contributed by atoms with Crippen molar-refractivity contribution in [2.75, 3.05) is 0 Å². The molecule has 1 fully saturated rings. The number of piperidine rings is 1. The molecule has 1 N–H and O–H groups in total. The van der Waals surface area contributed by atoms with Gasteiger partial charge in [0.15, 0.2) is 0 Å². The van der Waals surface area contributed by atoms with Gasteiger partial charge in [-0.05, 0) is 38.8 Å². The number of nitrogens with zero attached hydrogens (tertiary/aromatic N) is 1. The van der Waals surface area contributed by atoms with Crippen LogP contribution in [0.4, 0.5) is 0 Å². The van der Waals surface area contributed by atoms with Crippen LogP contribution in [-0.2, 0) is 9.59 Å². The molecule has 0 bridgehead atoms. The normalized spacial score (nSPS) is 23.2. The summed E-state index contributed by atoms with van der Waals surface area (Å²) in [6, 6.07) is 6.63. The van der Waals surface area contributed by atoms with Crippen LogP contribution in [0.25, 0.3) is 0 Å². The van der Waals surface area contributed by atoms with Crippen molar-refractivity contribution in [3.05, 3.63) is 34.9 Å². The van der Waals surface area contributed by atoms with E-state index in [1.165, 1.54) is 0 Å². The topological polar surface area (TPSA) is 57.6 Å². The first-order chi connectivity index (χ1) is 9.73. The molecule has 1 heterocycles. The second-order valence-corrected chi connectivity index (χ2v) is 6.79. The Morgan fingerprint density at radius 2 is 1.95 bits per heavy atom. The number of carbonyl (C=O) groups is 2. The molecule has 2 rings (SSSR count). The van der Waals surface area contributed by atoms with E-state index in [9.17, 15) is 14.7 Å². The maximum absolute atomic E-state index is 12.4. The van der Waals surface area contributed by atoms with Crippen molar-refractivity contribution >= 4 is 23.5 Å². The molecule has 5 heteroatoms. The second-order valence-electron chi connectivity index (χ2n) is 6.38. The number of hydrogen-bond acceptors (Lipinski definition) is 2. The molecule has 0 aromatic heterocycles. The minimum atomic E-state index is -0.887. The van der Waals surface area contributed by atoms with Crippen LogP contribution in [-0.4, -0.2) is 27.4 Å². The van der Waals surface area contributed by atoms with Gasteiger partial charge in [-0.2, -0.15) is 0 Å². The Kier molecular flexibility index (Phi) is 4.28. The Balaban J connectivity index is 2.58. The molecule has 114 valence electrons. The van der Waals surface area contributed by atoms with Crippen LogP contribution in [0.1, 0.15) is 45.2 Å². The number of aliphatic carboxylic acids is 1. The van der Waals surface area contributed by atoms with Crippen molar-refractivity contribution < 1.29 is 14.7 Å². The Bertz CT molecular complexity index is 565. The van der Waals surface area contributed by atoms with Gasteiger partial charge in [0.05, 0.1) is 12.0 Å². The molecule has 1 aromatic rings. The van der Waals surface area contributed by atoms with Crippen LogP contribution in [0.3, 0.4) is 0 Å². The zero-order valence-corrected chi connectivity index (χ0v) is 13.2. The van der Waals surface area contributed by atoms with E-state index < -0.39 is 23.5 Å². The van der Waals surface area contributed by atoms with Gasteiger partial charge in [0.2, 0.25) is 5.91 Å². The van der Waals surface area contributed by atoms with E-state index in [-0.39, 0.29) is 12.3 Å². The minimum Gasteiger partial charge on any atom is -0.481 e. The molecule has 1 saturated heterocycles. The fourth-order valence-electron chi connectivity index (χ4n) is 3.01. The van der Waals surface area contributed by atoms with Gasteiger partial charge in [-0.1, -0.05) is 29.8 Å². The number of benzene rings is 1. The molecule has 0 spiro atoms. The third-order valence-electron chi connectivity index (χ3n) is 3.86. The number of carboxylic acids is 1. The van der Waals surface area contributed by atoms with Crippen molar-refractivity contribution in [3.63, 3.8) is 0 Å². The smallest absolute Gasteiger partial charge is 0.308 e. The summed E-state index contributed by atoms with van der Waals surface area (Å²) in [6.07, 6.45) is 0.603. The van der Waals surface area contributed by atoms with Crippen LogP contribution in [0.15, 0.2) is 24.3 Å². The number of rotatable bonds is 2. The standard InChI is InChI=1S/C16H20ClNO3/c1-16(2,3)18-13(19)9-8-11(15(20)21)14(18)10-6-4-5-7-12(10)17/h4-7,11,14H,8-9H2,1-3H3,(H,20,21). The fourth-order valence-corrected chi connectivity index (χ4v) is 3.26. The summed E-state index contributed by atoms with van der Waals surface area (Å²) in [7, 11) is 0. The van der Waals surface area contributed by atoms with E-state index in [0.29, 0.717) is 17.0 Å². The number of carboxylic acid groups (broad SMARTS) is 1. The van der Waals surface area contributed by atoms with Crippen LogP contribution in [0.5, 0.6) is 0 Å². The maximum atomic E-state index is 12.4. The predicted octanol–water partition coefficient (Wildman–Crippen LogP) is 3.50. The summed E-state index contributed by atoms with van der Waals surface area (Å²) < 4.78 is 0. The van der Waals surface area contributed by atoms with Gasteiger partial charge in [0.1, 0.15) is 0 Å². The summed E-state index contributed by atoms with van der Waals surface area (Å²) >= 11 is 6.26. The maximum Gasteiger partial charge on any atom is 0.308 e. The number of likely N-dealkylation sites (tertiary alicyclic amines) is 1. The highest BCUT2D eigenvalue weighted by molar-refractivity contribution is 6.31. The van der Waals surface area contributed by atoms with E-state index in [1.54, 1.807) is 23.1 Å². The molecule has 4 nitrogen and oxygen atoms in total. The molecule has 0 radical (unpaired) electrons. The third kappa shape index (κ3) is 3.05. The molecule has 1 amide bonds. The van der Waals surface area contributed by atoms with Crippen LogP contribution in [0.2, 0.25) is 5.02 Å². The monoisotopic (exact) mass is 309 g/mol. The minimum absolute atomic E-state index is 0.0232. The Morgan fingerprint density at radius 1 is 1.33 bits per heavy atom. The van der Waals surface area contributed by atoms with Crippen molar-refractivity contribution in [2.24, 2.45) is 5.92 Å². The average Bonchev–Trinajstić information content (AvgIpc) is 2.37. The molecule has 2 atom stereocenters. The first-order valence-electron chi connectivity index (χ1n) is 7.03. The van der Waals surface area contributed by atoms with E-state index in [2.05, 4.69) is 0 Å². The molecule has 1 aliphatic rings. The molecule has 1 aromatic carbocycles. The Labute approximate surface area is 129 Å². The summed E-state index contributed by atoms with van der Waals surface area (Å²) in [5, 5.41) is 10.0. The van der Waals surface area contributed by atoms with Gasteiger partial charge in [0.25, 0.3) is 0 Å². The van der Waals surface area contributed by atoms with Gasteiger partial charge >= 0.3 is 5.97 Å². The Morgan fingerprint density at radius 3 is 2.48 bits per heavy atom. The average molecular weight is 310 g/mol. The fraction of sp³-hybridized carbons (Fsp3) is 0.500. The predicted molar refractivity (Wildman–Crippen MR) is 81.2 cm³/mol. The third-order valence-corrected chi connectivity index (χ3v) is 4.21. The van der Waals surface area contributed by atoms with Gasteiger partial charge < -0.3 is 10.0 Å². The van der Waals surface area contributed by atoms with Crippen LogP contribution < -0.4 is 0 Å². The molecule has 1 aliphatic heterocycles. The summed E-state index contributed by atoms with van der Waals surface area (Å²) in [4.78, 5) is 25.7. The van der Waals surface area contributed by atoms with E-state index in [1.807, 2.05) is 26.8 Å². The van der Waals surface area contributed by atoms with Crippen LogP contribution in [0, 0.1) is 5.92 Å². The van der Waals surface area contributed by atoms with E-state index in [4.69, 9.17) is 11.6 Å². The molecule has 2 unspecified atom stereocenters. The number of halogens is 1. The molecule has 0 aliphatic carbocycles. The van der Waals surface area contributed by atoms with Gasteiger partial charge in [-0.25, -0.2) is 0 Å². The van der Waals surface area contributed by atoms with Crippen molar-refractivity contribution in [1.29, 1.82) is 0 Å². The first-order valence-corrected chi connectivity index (χ1v) is 7.40. The quantitative estimate of drug-likeness (QED) is 0.909. The van der Waals surface area contributed by atoms with Crippen molar-refractivity contribution in [2.45, 2.75) is 45.2 Å². The van der Waals surface area contributed by atoms with E-state index >= 15 is 0 Å². The van der Waals surface area contributed by atoms with Crippen LogP contribution >= 0.6 is 11.6 Å². The zero-order chi connectivity index (χ0) is 15.8. The molecule has 0 saturated carbocycles. The van der Waals surface area contributed by atoms with Gasteiger partial charge in [-0.15, -0.1) is 0 Å². The van der Waals surface area contributed by atoms with Crippen molar-refractivity contribution in [3.8, 4) is 0 Å². The number of hydrogen-bond donors (Lipinski definition) is 1. The number of amides is 1. The molecular weight excluding hydrogens is 290 g/mol. The lowest BCUT2D eigenvalue weighted by Gasteiger charge is -2.47. The zero-order valence-electron chi connectivity index (χ0n) is 12.5. The lowest BCUT2D eigenvalue weighted by atomic mass is 9.81. The molecular formula is C16H20ClNO3. The first kappa shape index (κ1) is 15.8. The SMILES string of the molecule is CC(C)(C)N1C(=O)CCC(C(=O)O)C1c1ccccc1Cl. The van der Waals surface area contributed by atoms with Gasteiger partial charge in [-0.3, -0.25) is 9.59 Å². The lowest BCUT2D eigenvalue weighted by Crippen LogP contribution is -2.53. The van der Waals surface area contributed by atoms with E-state index in [0.717, 1.165) is 0 Å². The highest BCUT2D eigenvalue weighted by Crippen LogP contribution is 2.43. The summed E-state index contributed by atoms with van der Waals surface area (Å²) in [6.45, 7) is 5.75. The lowest BCUT2D eigenvalue weighted by molar-refractivity contribution is -0.156. The highest BCUT2D eigenvalue weighted by atomic mass is 35.5. The molecule has 21 heavy (non-hydrogen) atoms. The Hall–Kier alpha value is -1.55. The largest absolute Gasteiger partial charge is 0.481 e. The van der Waals surface area contributed by atoms with Crippen molar-refractivity contribution in [1.82, 2.24) is 4.90 Å². The summed E-state index contributed by atoms with van der Waals surface area (Å²) in [5.74, 6) is -1.55.